The number of rotatable bonds is 6. The molecule has 1 aromatic carbocycles. The molecule has 96 valence electrons. The van der Waals surface area contributed by atoms with E-state index in [1.807, 2.05) is 0 Å². The molecule has 0 saturated heterocycles. The molecular formula is C10H14BrNO4S. The van der Waals surface area contributed by atoms with Gasteiger partial charge in [0.15, 0.2) is 0 Å². The van der Waals surface area contributed by atoms with Crippen molar-refractivity contribution in [1.29, 1.82) is 0 Å². The number of benzene rings is 1. The van der Waals surface area contributed by atoms with Gasteiger partial charge in [-0.15, -0.1) is 0 Å². The van der Waals surface area contributed by atoms with E-state index in [2.05, 4.69) is 15.9 Å². The van der Waals surface area contributed by atoms with E-state index in [0.717, 1.165) is 0 Å². The number of primary sulfonamides is 1. The summed E-state index contributed by atoms with van der Waals surface area (Å²) in [5.74, 6) is 0.256. The van der Waals surface area contributed by atoms with Crippen LogP contribution in [0.2, 0.25) is 0 Å². The van der Waals surface area contributed by atoms with Crippen LogP contribution in [-0.2, 0) is 14.8 Å². The molecule has 0 amide bonds. The summed E-state index contributed by atoms with van der Waals surface area (Å²) < 4.78 is 33.6. The first-order valence-corrected chi connectivity index (χ1v) is 7.23. The number of methoxy groups -OCH3 is 1. The lowest BCUT2D eigenvalue weighted by atomic mass is 10.3. The van der Waals surface area contributed by atoms with Gasteiger partial charge >= 0.3 is 0 Å². The van der Waals surface area contributed by atoms with Gasteiger partial charge in [-0.2, -0.15) is 0 Å². The molecule has 0 unspecified atom stereocenters. The third-order valence-corrected chi connectivity index (χ3v) is 3.39. The summed E-state index contributed by atoms with van der Waals surface area (Å²) in [6, 6.07) is 4.68. The third-order valence-electron chi connectivity index (χ3n) is 1.96. The summed E-state index contributed by atoms with van der Waals surface area (Å²) in [5.41, 5.74) is 0. The van der Waals surface area contributed by atoms with Crippen LogP contribution in [0.25, 0.3) is 0 Å². The first-order valence-electron chi connectivity index (χ1n) is 4.89. The Labute approximate surface area is 109 Å². The lowest BCUT2D eigenvalue weighted by Crippen LogP contribution is -2.14. The van der Waals surface area contributed by atoms with Gasteiger partial charge in [-0.1, -0.05) is 15.9 Å². The molecule has 5 nitrogen and oxygen atoms in total. The Morgan fingerprint density at radius 1 is 1.35 bits per heavy atom. The van der Waals surface area contributed by atoms with Crippen molar-refractivity contribution in [2.45, 2.75) is 11.3 Å². The van der Waals surface area contributed by atoms with Crippen molar-refractivity contribution in [2.75, 3.05) is 20.3 Å². The van der Waals surface area contributed by atoms with E-state index in [9.17, 15) is 8.42 Å². The second-order valence-corrected chi connectivity index (χ2v) is 5.78. The van der Waals surface area contributed by atoms with Gasteiger partial charge in [0.05, 0.1) is 6.61 Å². The summed E-state index contributed by atoms with van der Waals surface area (Å²) in [4.78, 5) is -0.0238. The van der Waals surface area contributed by atoms with Crippen LogP contribution < -0.4 is 9.88 Å². The van der Waals surface area contributed by atoms with Gasteiger partial charge in [-0.3, -0.25) is 0 Å². The second kappa shape index (κ2) is 6.34. The van der Waals surface area contributed by atoms with Crippen LogP contribution in [0.3, 0.4) is 0 Å². The molecule has 0 radical (unpaired) electrons. The van der Waals surface area contributed by atoms with E-state index in [-0.39, 0.29) is 10.6 Å². The minimum absolute atomic E-state index is 0.0238. The second-order valence-electron chi connectivity index (χ2n) is 3.33. The highest BCUT2D eigenvalue weighted by atomic mass is 79.9. The van der Waals surface area contributed by atoms with Gasteiger partial charge in [-0.05, 0) is 18.2 Å². The Hall–Kier alpha value is -0.630. The first kappa shape index (κ1) is 14.4. The largest absolute Gasteiger partial charge is 0.492 e. The number of hydrogen-bond donors (Lipinski definition) is 1. The topological polar surface area (TPSA) is 78.6 Å². The summed E-state index contributed by atoms with van der Waals surface area (Å²) in [5, 5.41) is 5.10. The predicted octanol–water partition coefficient (Wildman–Crippen LogP) is 1.51. The maximum Gasteiger partial charge on any atom is 0.241 e. The minimum Gasteiger partial charge on any atom is -0.492 e. The molecule has 0 aromatic heterocycles. The van der Waals surface area contributed by atoms with Crippen LogP contribution in [0.4, 0.5) is 0 Å². The zero-order chi connectivity index (χ0) is 12.9. The predicted molar refractivity (Wildman–Crippen MR) is 67.5 cm³/mol. The summed E-state index contributed by atoms with van der Waals surface area (Å²) in [7, 11) is -2.19. The van der Waals surface area contributed by atoms with Crippen molar-refractivity contribution in [1.82, 2.24) is 0 Å². The van der Waals surface area contributed by atoms with E-state index in [4.69, 9.17) is 14.6 Å². The van der Waals surface area contributed by atoms with Gasteiger partial charge < -0.3 is 9.47 Å². The van der Waals surface area contributed by atoms with Crippen molar-refractivity contribution in [3.63, 3.8) is 0 Å². The van der Waals surface area contributed by atoms with E-state index in [0.29, 0.717) is 24.1 Å². The SMILES string of the molecule is COCCCOc1ccc(Br)cc1S(N)(=O)=O. The standard InChI is InChI=1S/C10H14BrNO4S/c1-15-5-2-6-16-9-4-3-8(11)7-10(9)17(12,13)14/h3-4,7H,2,5-6H2,1H3,(H2,12,13,14). The maximum atomic E-state index is 11.3. The molecule has 0 spiro atoms. The highest BCUT2D eigenvalue weighted by Crippen LogP contribution is 2.26. The summed E-state index contributed by atoms with van der Waals surface area (Å²) >= 11 is 3.19. The van der Waals surface area contributed by atoms with Gasteiger partial charge in [0.25, 0.3) is 0 Å². The zero-order valence-corrected chi connectivity index (χ0v) is 11.8. The van der Waals surface area contributed by atoms with E-state index in [1.54, 1.807) is 19.2 Å². The van der Waals surface area contributed by atoms with E-state index in [1.165, 1.54) is 6.07 Å². The lowest BCUT2D eigenvalue weighted by molar-refractivity contribution is 0.171. The number of nitrogens with two attached hydrogens (primary N) is 1. The molecule has 0 bridgehead atoms. The fraction of sp³-hybridized carbons (Fsp3) is 0.400. The third kappa shape index (κ3) is 4.63. The number of sulfonamides is 1. The smallest absolute Gasteiger partial charge is 0.241 e. The summed E-state index contributed by atoms with van der Waals surface area (Å²) in [6.07, 6.45) is 0.677. The number of ether oxygens (including phenoxy) is 2. The Balaban J connectivity index is 2.84. The molecular weight excluding hydrogens is 310 g/mol. The Morgan fingerprint density at radius 3 is 2.65 bits per heavy atom. The Kier molecular flexibility index (Phi) is 5.38. The van der Waals surface area contributed by atoms with Crippen LogP contribution in [0, 0.1) is 0 Å². The normalized spacial score (nSPS) is 11.5. The molecule has 0 aliphatic carbocycles. The van der Waals surface area contributed by atoms with Crippen LogP contribution in [-0.4, -0.2) is 28.7 Å². The van der Waals surface area contributed by atoms with Gasteiger partial charge in [0, 0.05) is 24.6 Å². The van der Waals surface area contributed by atoms with Gasteiger partial charge in [0.2, 0.25) is 10.0 Å². The molecule has 0 fully saturated rings. The van der Waals surface area contributed by atoms with Crippen LogP contribution in [0.5, 0.6) is 5.75 Å². The zero-order valence-electron chi connectivity index (χ0n) is 9.35. The maximum absolute atomic E-state index is 11.3. The van der Waals surface area contributed by atoms with Crippen molar-refractivity contribution >= 4 is 26.0 Å². The van der Waals surface area contributed by atoms with Crippen LogP contribution in [0.15, 0.2) is 27.6 Å². The molecule has 1 aromatic rings. The minimum atomic E-state index is -3.78. The van der Waals surface area contributed by atoms with Crippen molar-refractivity contribution < 1.29 is 17.9 Å². The molecule has 7 heteroatoms. The average Bonchev–Trinajstić information content (AvgIpc) is 2.25. The molecule has 17 heavy (non-hydrogen) atoms. The Morgan fingerprint density at radius 2 is 2.06 bits per heavy atom. The van der Waals surface area contributed by atoms with Crippen molar-refractivity contribution in [3.05, 3.63) is 22.7 Å². The number of hydrogen-bond acceptors (Lipinski definition) is 4. The number of halogens is 1. The fourth-order valence-electron chi connectivity index (χ4n) is 1.21. The lowest BCUT2D eigenvalue weighted by Gasteiger charge is -2.10. The van der Waals surface area contributed by atoms with E-state index >= 15 is 0 Å². The molecule has 0 saturated carbocycles. The Bertz CT molecular complexity index is 475. The molecule has 0 heterocycles. The van der Waals surface area contributed by atoms with Gasteiger partial charge in [-0.25, -0.2) is 13.6 Å². The highest BCUT2D eigenvalue weighted by molar-refractivity contribution is 9.10. The average molecular weight is 324 g/mol. The van der Waals surface area contributed by atoms with Crippen LogP contribution in [0.1, 0.15) is 6.42 Å². The first-order chi connectivity index (χ1) is 7.95. The molecule has 2 N–H and O–H groups in total. The molecule has 0 atom stereocenters. The van der Waals surface area contributed by atoms with Crippen molar-refractivity contribution in [2.24, 2.45) is 5.14 Å². The molecule has 0 aliphatic rings. The van der Waals surface area contributed by atoms with E-state index < -0.39 is 10.0 Å². The highest BCUT2D eigenvalue weighted by Gasteiger charge is 2.15. The van der Waals surface area contributed by atoms with Crippen molar-refractivity contribution in [3.8, 4) is 5.75 Å². The monoisotopic (exact) mass is 323 g/mol. The molecule has 0 aliphatic heterocycles. The summed E-state index contributed by atoms with van der Waals surface area (Å²) in [6.45, 7) is 0.930. The van der Waals surface area contributed by atoms with Crippen LogP contribution >= 0.6 is 15.9 Å². The molecule has 1 rings (SSSR count). The fourth-order valence-corrected chi connectivity index (χ4v) is 2.42. The van der Waals surface area contributed by atoms with Gasteiger partial charge in [0.1, 0.15) is 10.6 Å². The quantitative estimate of drug-likeness (QED) is 0.805.